The number of ether oxygens (including phenoxy) is 2. The fourth-order valence-corrected chi connectivity index (χ4v) is 3.28. The quantitative estimate of drug-likeness (QED) is 0.749. The van der Waals surface area contributed by atoms with Crippen molar-refractivity contribution in [3.8, 4) is 0 Å². The Bertz CT molecular complexity index is 459. The van der Waals surface area contributed by atoms with Crippen LogP contribution in [0.3, 0.4) is 0 Å². The second-order valence-corrected chi connectivity index (χ2v) is 8.74. The average Bonchev–Trinajstić information content (AvgIpc) is 2.96. The maximum absolute atomic E-state index is 14.2. The number of halogens is 2. The number of allylic oxidation sites excluding steroid dienone is 2. The van der Waals surface area contributed by atoms with Crippen molar-refractivity contribution in [2.75, 3.05) is 13.2 Å². The van der Waals surface area contributed by atoms with E-state index in [1.807, 2.05) is 20.8 Å². The molecule has 1 fully saturated rings. The molecule has 0 radical (unpaired) electrons. The van der Waals surface area contributed by atoms with E-state index in [-0.39, 0.29) is 12.7 Å². The topological polar surface area (TPSA) is 53.5 Å². The van der Waals surface area contributed by atoms with Gasteiger partial charge in [-0.15, -0.1) is 4.72 Å². The minimum absolute atomic E-state index is 0.261. The summed E-state index contributed by atoms with van der Waals surface area (Å²) in [5, 5.41) is 0. The van der Waals surface area contributed by atoms with E-state index in [0.29, 0.717) is 31.6 Å². The average molecular weight is 349 g/mol. The van der Waals surface area contributed by atoms with Crippen LogP contribution in [0.2, 0.25) is 0 Å². The third-order valence-corrected chi connectivity index (χ3v) is 5.35. The van der Waals surface area contributed by atoms with Crippen molar-refractivity contribution in [2.45, 2.75) is 63.3 Å². The van der Waals surface area contributed by atoms with Crippen molar-refractivity contribution in [3.63, 3.8) is 0 Å². The highest BCUT2D eigenvalue weighted by Crippen LogP contribution is 2.28. The maximum Gasteiger partial charge on any atom is 0.157 e. The molecule has 7 heteroatoms. The molecular weight excluding hydrogens is 324 g/mol. The fraction of sp³-hybridized carbons (Fsp3) is 0.750. The Kier molecular flexibility index (Phi) is 6.62. The van der Waals surface area contributed by atoms with Gasteiger partial charge in [-0.3, -0.25) is 0 Å². The lowest BCUT2D eigenvalue weighted by Crippen LogP contribution is -2.46. The van der Waals surface area contributed by atoms with E-state index < -0.39 is 34.1 Å². The summed E-state index contributed by atoms with van der Waals surface area (Å²) < 4.78 is 53.1. The maximum atomic E-state index is 14.2. The van der Waals surface area contributed by atoms with E-state index in [9.17, 15) is 13.3 Å². The molecule has 132 valence electrons. The molecule has 1 aliphatic carbocycles. The molecule has 0 amide bonds. The van der Waals surface area contributed by atoms with Gasteiger partial charge in [-0.25, -0.2) is 8.78 Å². The van der Waals surface area contributed by atoms with E-state index in [4.69, 9.17) is 9.47 Å². The molecule has 0 aromatic rings. The summed E-state index contributed by atoms with van der Waals surface area (Å²) in [6.45, 7) is 6.63. The molecule has 1 heterocycles. The van der Waals surface area contributed by atoms with Gasteiger partial charge >= 0.3 is 0 Å². The molecule has 3 unspecified atom stereocenters. The van der Waals surface area contributed by atoms with Crippen LogP contribution in [0, 0.1) is 0 Å². The van der Waals surface area contributed by atoms with Crippen molar-refractivity contribution in [1.29, 1.82) is 0 Å². The second-order valence-electron chi connectivity index (χ2n) is 6.74. The molecule has 1 N–H and O–H groups in total. The molecule has 4 nitrogen and oxygen atoms in total. The van der Waals surface area contributed by atoms with Gasteiger partial charge in [-0.05, 0) is 33.3 Å². The van der Waals surface area contributed by atoms with Crippen LogP contribution in [0.25, 0.3) is 0 Å². The van der Waals surface area contributed by atoms with Crippen LogP contribution < -0.4 is 4.72 Å². The lowest BCUT2D eigenvalue weighted by molar-refractivity contribution is -0.0483. The monoisotopic (exact) mass is 349 g/mol. The van der Waals surface area contributed by atoms with Crippen molar-refractivity contribution in [2.24, 2.45) is 0 Å². The summed E-state index contributed by atoms with van der Waals surface area (Å²) in [5.74, 6) is -0.489. The molecule has 23 heavy (non-hydrogen) atoms. The highest BCUT2D eigenvalue weighted by atomic mass is 32.2. The Morgan fingerprint density at radius 3 is 2.61 bits per heavy atom. The predicted octanol–water partition coefficient (Wildman–Crippen LogP) is 3.08. The summed E-state index contributed by atoms with van der Waals surface area (Å²) in [5.41, 5.74) is 0.370. The minimum Gasteiger partial charge on any atom is -0.598 e. The van der Waals surface area contributed by atoms with Crippen molar-refractivity contribution < 1.29 is 22.8 Å². The lowest BCUT2D eigenvalue weighted by Gasteiger charge is -2.30. The Balaban J connectivity index is 2.07. The van der Waals surface area contributed by atoms with Gasteiger partial charge in [0.05, 0.1) is 19.3 Å². The third-order valence-electron chi connectivity index (χ3n) is 3.73. The largest absolute Gasteiger partial charge is 0.598 e. The van der Waals surface area contributed by atoms with Crippen LogP contribution in [-0.4, -0.2) is 41.0 Å². The Morgan fingerprint density at radius 2 is 2.04 bits per heavy atom. The fourth-order valence-electron chi connectivity index (χ4n) is 2.42. The van der Waals surface area contributed by atoms with Gasteiger partial charge in [-0.2, -0.15) is 0 Å². The standard InChI is InChI=1S/C16H25F2NO3S/c1-16(2,3)23(20)19-14(6-7-15-21-8-9-22-15)12-5-4-11(17)10-13(12)18/h4-5,11,14-15,19H,6-10H2,1-3H3. The summed E-state index contributed by atoms with van der Waals surface area (Å²) in [6, 6.07) is -0.466. The minimum atomic E-state index is -1.36. The lowest BCUT2D eigenvalue weighted by atomic mass is 9.95. The number of alkyl halides is 1. The van der Waals surface area contributed by atoms with Gasteiger partial charge in [0.2, 0.25) is 0 Å². The Hall–Kier alpha value is -0.470. The molecule has 0 aromatic heterocycles. The second kappa shape index (κ2) is 8.07. The highest BCUT2D eigenvalue weighted by molar-refractivity contribution is 7.90. The van der Waals surface area contributed by atoms with Gasteiger partial charge in [0.1, 0.15) is 16.7 Å². The molecule has 1 aliphatic heterocycles. The van der Waals surface area contributed by atoms with Crippen LogP contribution >= 0.6 is 0 Å². The molecule has 3 atom stereocenters. The zero-order valence-corrected chi connectivity index (χ0v) is 14.6. The first-order valence-electron chi connectivity index (χ1n) is 7.89. The van der Waals surface area contributed by atoms with Crippen LogP contribution in [0.15, 0.2) is 23.6 Å². The zero-order valence-electron chi connectivity index (χ0n) is 13.8. The summed E-state index contributed by atoms with van der Waals surface area (Å²) >= 11 is -1.36. The van der Waals surface area contributed by atoms with Gasteiger partial charge in [-0.1, -0.05) is 6.08 Å². The smallest absolute Gasteiger partial charge is 0.157 e. The molecule has 0 aromatic carbocycles. The zero-order chi connectivity index (χ0) is 17.0. The molecule has 1 saturated heterocycles. The van der Waals surface area contributed by atoms with Crippen LogP contribution in [-0.2, 0) is 20.8 Å². The van der Waals surface area contributed by atoms with E-state index in [1.54, 1.807) is 0 Å². The highest BCUT2D eigenvalue weighted by Gasteiger charge is 2.33. The first kappa shape index (κ1) is 18.9. The van der Waals surface area contributed by atoms with Crippen molar-refractivity contribution in [3.05, 3.63) is 23.6 Å². The van der Waals surface area contributed by atoms with Gasteiger partial charge in [0.25, 0.3) is 0 Å². The molecule has 2 aliphatic rings. The van der Waals surface area contributed by atoms with E-state index in [0.717, 1.165) is 0 Å². The van der Waals surface area contributed by atoms with Crippen molar-refractivity contribution in [1.82, 2.24) is 4.72 Å². The number of hydrogen-bond acceptors (Lipinski definition) is 4. The molecule has 2 rings (SSSR count). The van der Waals surface area contributed by atoms with Gasteiger partial charge in [0.15, 0.2) is 6.29 Å². The number of nitrogens with one attached hydrogen (secondary N) is 1. The van der Waals surface area contributed by atoms with Crippen LogP contribution in [0.4, 0.5) is 8.78 Å². The van der Waals surface area contributed by atoms with Crippen LogP contribution in [0.1, 0.15) is 40.0 Å². The summed E-state index contributed by atoms with van der Waals surface area (Å²) in [6.07, 6.45) is 1.98. The Labute approximate surface area is 139 Å². The number of rotatable bonds is 6. The molecule has 0 saturated carbocycles. The summed E-state index contributed by atoms with van der Waals surface area (Å²) in [7, 11) is 0. The third kappa shape index (κ3) is 5.53. The SMILES string of the molecule is CC(C)(C)[S+]([O-])NC(CCC1OCCO1)C1=C(F)CC(F)C=C1. The number of hydrogen-bond donors (Lipinski definition) is 1. The predicted molar refractivity (Wildman–Crippen MR) is 86.5 cm³/mol. The van der Waals surface area contributed by atoms with E-state index in [2.05, 4.69) is 4.72 Å². The molecule has 0 spiro atoms. The van der Waals surface area contributed by atoms with Crippen molar-refractivity contribution >= 4 is 11.4 Å². The molecular formula is C16H25F2NO3S. The van der Waals surface area contributed by atoms with E-state index in [1.165, 1.54) is 12.2 Å². The van der Waals surface area contributed by atoms with Gasteiger partial charge in [0, 0.05) is 29.8 Å². The first-order valence-corrected chi connectivity index (χ1v) is 9.04. The van der Waals surface area contributed by atoms with Gasteiger partial charge < -0.3 is 14.0 Å². The molecule has 0 bridgehead atoms. The van der Waals surface area contributed by atoms with E-state index >= 15 is 0 Å². The van der Waals surface area contributed by atoms with Crippen LogP contribution in [0.5, 0.6) is 0 Å². The first-order chi connectivity index (χ1) is 10.8. The Morgan fingerprint density at radius 1 is 1.39 bits per heavy atom. The summed E-state index contributed by atoms with van der Waals surface area (Å²) in [4.78, 5) is 0. The normalized spacial score (nSPS) is 25.9.